The van der Waals surface area contributed by atoms with Crippen molar-refractivity contribution < 1.29 is 4.74 Å². The van der Waals surface area contributed by atoms with Gasteiger partial charge in [0.2, 0.25) is 0 Å². The molecule has 0 radical (unpaired) electrons. The maximum absolute atomic E-state index is 5.50. The first kappa shape index (κ1) is 18.6. The van der Waals surface area contributed by atoms with Crippen molar-refractivity contribution >= 4 is 23.0 Å². The zero-order valence-corrected chi connectivity index (χ0v) is 16.4. The molecule has 26 heavy (non-hydrogen) atoms. The maximum Gasteiger partial charge on any atom is 0.191 e. The molecule has 0 amide bonds. The fourth-order valence-corrected chi connectivity index (χ4v) is 3.90. The summed E-state index contributed by atoms with van der Waals surface area (Å²) < 4.78 is 5.50. The molecular weight excluding hydrogens is 344 g/mol. The van der Waals surface area contributed by atoms with E-state index < -0.39 is 0 Å². The van der Waals surface area contributed by atoms with Crippen molar-refractivity contribution in [2.45, 2.75) is 19.9 Å². The molecule has 3 rings (SSSR count). The highest BCUT2D eigenvalue weighted by Crippen LogP contribution is 2.31. The van der Waals surface area contributed by atoms with Gasteiger partial charge in [-0.05, 0) is 53.8 Å². The molecule has 6 heteroatoms. The molecule has 0 spiro atoms. The molecule has 0 saturated carbocycles. The number of nitrogens with one attached hydrogen (secondary N) is 2. The Hall–Kier alpha value is -2.21. The number of aliphatic imine (C=N–C) groups is 1. The Morgan fingerprint density at radius 3 is 2.96 bits per heavy atom. The summed E-state index contributed by atoms with van der Waals surface area (Å²) in [7, 11) is 1.74. The number of methoxy groups -OCH3 is 1. The zero-order chi connectivity index (χ0) is 18.2. The van der Waals surface area contributed by atoms with Gasteiger partial charge in [0.25, 0.3) is 0 Å². The first-order valence-corrected chi connectivity index (χ1v) is 10.2. The van der Waals surface area contributed by atoms with E-state index in [1.54, 1.807) is 18.4 Å². The lowest BCUT2D eigenvalue weighted by molar-refractivity contribution is 0.414. The van der Waals surface area contributed by atoms with Crippen LogP contribution in [0.1, 0.15) is 18.9 Å². The molecule has 1 atom stereocenters. The summed E-state index contributed by atoms with van der Waals surface area (Å²) in [5.74, 6) is 2.45. The van der Waals surface area contributed by atoms with Gasteiger partial charge in [-0.25, -0.2) is 4.99 Å². The number of thiophene rings is 1. The van der Waals surface area contributed by atoms with Gasteiger partial charge in [-0.1, -0.05) is 12.1 Å². The van der Waals surface area contributed by atoms with Crippen LogP contribution in [0.5, 0.6) is 5.75 Å². The van der Waals surface area contributed by atoms with Gasteiger partial charge >= 0.3 is 0 Å². The molecule has 1 aromatic carbocycles. The third kappa shape index (κ3) is 4.91. The minimum atomic E-state index is 0.602. The van der Waals surface area contributed by atoms with Crippen LogP contribution in [0.25, 0.3) is 0 Å². The number of rotatable bonds is 7. The number of anilines is 1. The Morgan fingerprint density at radius 1 is 1.31 bits per heavy atom. The second-order valence-electron chi connectivity index (χ2n) is 6.48. The van der Waals surface area contributed by atoms with Crippen molar-refractivity contribution in [3.05, 3.63) is 46.7 Å². The molecule has 0 aliphatic carbocycles. The van der Waals surface area contributed by atoms with E-state index in [-0.39, 0.29) is 0 Å². The molecule has 2 aromatic rings. The third-order valence-electron chi connectivity index (χ3n) is 4.61. The highest BCUT2D eigenvalue weighted by Gasteiger charge is 2.24. The Kier molecular flexibility index (Phi) is 6.77. The number of nitrogens with zero attached hydrogens (tertiary/aromatic N) is 2. The number of hydrogen-bond acceptors (Lipinski definition) is 4. The van der Waals surface area contributed by atoms with Crippen molar-refractivity contribution in [1.82, 2.24) is 10.6 Å². The summed E-state index contributed by atoms with van der Waals surface area (Å²) >= 11 is 1.71. The van der Waals surface area contributed by atoms with Crippen LogP contribution in [0, 0.1) is 5.92 Å². The average Bonchev–Trinajstić information content (AvgIpc) is 3.36. The predicted octanol–water partition coefficient (Wildman–Crippen LogP) is 3.34. The summed E-state index contributed by atoms with van der Waals surface area (Å²) in [6.07, 6.45) is 1.18. The third-order valence-corrected chi connectivity index (χ3v) is 5.35. The summed E-state index contributed by atoms with van der Waals surface area (Å²) in [6.45, 7) is 6.72. The summed E-state index contributed by atoms with van der Waals surface area (Å²) in [5, 5.41) is 11.1. The van der Waals surface area contributed by atoms with Gasteiger partial charge in [-0.3, -0.25) is 0 Å². The molecule has 1 unspecified atom stereocenters. The van der Waals surface area contributed by atoms with Gasteiger partial charge in [0.05, 0.1) is 19.3 Å². The van der Waals surface area contributed by atoms with Gasteiger partial charge in [-0.15, -0.1) is 0 Å². The van der Waals surface area contributed by atoms with Crippen LogP contribution < -0.4 is 20.3 Å². The van der Waals surface area contributed by atoms with Crippen LogP contribution in [0.4, 0.5) is 5.69 Å². The van der Waals surface area contributed by atoms with Crippen molar-refractivity contribution in [2.24, 2.45) is 10.9 Å². The van der Waals surface area contributed by atoms with Gasteiger partial charge in [0, 0.05) is 26.2 Å². The molecule has 2 N–H and O–H groups in total. The van der Waals surface area contributed by atoms with Crippen LogP contribution >= 0.6 is 11.3 Å². The smallest absolute Gasteiger partial charge is 0.191 e. The molecular formula is C20H28N4OS. The number of ether oxygens (including phenoxy) is 1. The lowest BCUT2D eigenvalue weighted by atomic mass is 10.1. The minimum absolute atomic E-state index is 0.602. The van der Waals surface area contributed by atoms with Crippen molar-refractivity contribution in [1.29, 1.82) is 0 Å². The fourth-order valence-electron chi connectivity index (χ4n) is 3.24. The van der Waals surface area contributed by atoms with Crippen LogP contribution in [0.3, 0.4) is 0 Å². The van der Waals surface area contributed by atoms with E-state index in [4.69, 9.17) is 4.74 Å². The SMILES string of the molecule is CCNC(=NCc1ccsc1)NCC1CCN(c2ccccc2OC)C1. The first-order valence-electron chi connectivity index (χ1n) is 9.21. The molecule has 1 fully saturated rings. The predicted molar refractivity (Wildman–Crippen MR) is 110 cm³/mol. The monoisotopic (exact) mass is 372 g/mol. The molecule has 140 valence electrons. The molecule has 2 heterocycles. The number of guanidine groups is 1. The first-order chi connectivity index (χ1) is 12.8. The highest BCUT2D eigenvalue weighted by atomic mass is 32.1. The van der Waals surface area contributed by atoms with E-state index in [2.05, 4.69) is 56.4 Å². The number of hydrogen-bond donors (Lipinski definition) is 2. The fraction of sp³-hybridized carbons (Fsp3) is 0.450. The second kappa shape index (κ2) is 9.48. The largest absolute Gasteiger partial charge is 0.495 e. The van der Waals surface area contributed by atoms with E-state index in [1.165, 1.54) is 17.7 Å². The van der Waals surface area contributed by atoms with Crippen LogP contribution in [-0.2, 0) is 6.54 Å². The van der Waals surface area contributed by atoms with E-state index in [9.17, 15) is 0 Å². The minimum Gasteiger partial charge on any atom is -0.495 e. The van der Waals surface area contributed by atoms with Gasteiger partial charge in [0.1, 0.15) is 5.75 Å². The maximum atomic E-state index is 5.50. The van der Waals surface area contributed by atoms with Gasteiger partial charge < -0.3 is 20.3 Å². The normalized spacial score (nSPS) is 17.4. The van der Waals surface area contributed by atoms with Gasteiger partial charge in [0.15, 0.2) is 5.96 Å². The van der Waals surface area contributed by atoms with Crippen LogP contribution in [0.2, 0.25) is 0 Å². The standard InChI is InChI=1S/C20H28N4OS/c1-3-21-20(23-13-17-9-11-26-15-17)22-12-16-8-10-24(14-16)18-6-4-5-7-19(18)25-2/h4-7,9,11,15-16H,3,8,10,12-14H2,1-2H3,(H2,21,22,23). The molecule has 1 saturated heterocycles. The van der Waals surface area contributed by atoms with Crippen LogP contribution in [0.15, 0.2) is 46.1 Å². The molecule has 5 nitrogen and oxygen atoms in total. The number of benzene rings is 1. The summed E-state index contributed by atoms with van der Waals surface area (Å²) in [6, 6.07) is 10.4. The zero-order valence-electron chi connectivity index (χ0n) is 15.6. The molecule has 1 aliphatic rings. The Labute approximate surface area is 160 Å². The Bertz CT molecular complexity index is 702. The quantitative estimate of drug-likeness (QED) is 0.578. The van der Waals surface area contributed by atoms with E-state index >= 15 is 0 Å². The molecule has 1 aromatic heterocycles. The second-order valence-corrected chi connectivity index (χ2v) is 7.26. The van der Waals surface area contributed by atoms with Crippen molar-refractivity contribution in [3.8, 4) is 5.75 Å². The van der Waals surface area contributed by atoms with Crippen LogP contribution in [-0.4, -0.2) is 39.2 Å². The average molecular weight is 373 g/mol. The molecule has 0 bridgehead atoms. The van der Waals surface area contributed by atoms with E-state index in [0.717, 1.165) is 44.4 Å². The van der Waals surface area contributed by atoms with E-state index in [1.807, 2.05) is 12.1 Å². The molecule has 1 aliphatic heterocycles. The topological polar surface area (TPSA) is 48.9 Å². The van der Waals surface area contributed by atoms with Gasteiger partial charge in [-0.2, -0.15) is 11.3 Å². The Morgan fingerprint density at radius 2 is 2.19 bits per heavy atom. The van der Waals surface area contributed by atoms with Crippen molar-refractivity contribution in [2.75, 3.05) is 38.2 Å². The lowest BCUT2D eigenvalue weighted by Crippen LogP contribution is -2.40. The highest BCUT2D eigenvalue weighted by molar-refractivity contribution is 7.07. The lowest BCUT2D eigenvalue weighted by Gasteiger charge is -2.21. The Balaban J connectivity index is 1.53. The summed E-state index contributed by atoms with van der Waals surface area (Å²) in [4.78, 5) is 7.11. The van der Waals surface area contributed by atoms with E-state index in [0.29, 0.717) is 5.92 Å². The van der Waals surface area contributed by atoms with Crippen molar-refractivity contribution in [3.63, 3.8) is 0 Å². The number of para-hydroxylation sites is 2. The summed E-state index contributed by atoms with van der Waals surface area (Å²) in [5.41, 5.74) is 2.45.